The predicted octanol–water partition coefficient (Wildman–Crippen LogP) is 2.62. The molecule has 0 aromatic carbocycles. The van der Waals surface area contributed by atoms with Crippen molar-refractivity contribution in [1.82, 2.24) is 25.4 Å². The zero-order valence-corrected chi connectivity index (χ0v) is 14.1. The molecule has 7 nitrogen and oxygen atoms in total. The molecule has 0 spiro atoms. The van der Waals surface area contributed by atoms with Crippen LogP contribution in [0.1, 0.15) is 73.8 Å². The van der Waals surface area contributed by atoms with Gasteiger partial charge < -0.3 is 14.6 Å². The van der Waals surface area contributed by atoms with Crippen LogP contribution >= 0.6 is 0 Å². The van der Waals surface area contributed by atoms with Crippen LogP contribution in [0, 0.1) is 6.92 Å². The fourth-order valence-corrected chi connectivity index (χ4v) is 3.17. The summed E-state index contributed by atoms with van der Waals surface area (Å²) in [5, 5.41) is 7.57. The Labute approximate surface area is 141 Å². The van der Waals surface area contributed by atoms with E-state index in [0.717, 1.165) is 36.6 Å². The second kappa shape index (κ2) is 6.57. The van der Waals surface area contributed by atoms with Crippen LogP contribution < -0.4 is 5.32 Å². The van der Waals surface area contributed by atoms with E-state index in [1.54, 1.807) is 12.4 Å². The monoisotopic (exact) mass is 329 g/mol. The minimum Gasteiger partial charge on any atom is -0.364 e. The highest BCUT2D eigenvalue weighted by atomic mass is 16.5. The van der Waals surface area contributed by atoms with E-state index < -0.39 is 0 Å². The highest BCUT2D eigenvalue weighted by Crippen LogP contribution is 2.39. The Hall–Kier alpha value is -1.86. The number of hydrogen-bond donors (Lipinski definition) is 1. The van der Waals surface area contributed by atoms with Gasteiger partial charge in [0.2, 0.25) is 0 Å². The Bertz CT molecular complexity index is 700. The summed E-state index contributed by atoms with van der Waals surface area (Å²) in [6, 6.07) is 0.145. The first-order valence-electron chi connectivity index (χ1n) is 8.70. The maximum Gasteiger partial charge on any atom is 0.255 e. The summed E-state index contributed by atoms with van der Waals surface area (Å²) in [5.41, 5.74) is 1.94. The van der Waals surface area contributed by atoms with E-state index in [9.17, 15) is 0 Å². The highest BCUT2D eigenvalue weighted by Gasteiger charge is 2.34. The maximum absolute atomic E-state index is 6.08. The standard InChI is InChI=1S/C17H23N5O2/c1-10-15(19-8-7-18-10)11(2)20-9-13-5-6-14(23-13)17-21-16(22-24-17)12-3-4-12/h7-8,11-14,20H,3-6,9H2,1-2H3/t11?,13-,14+/m1/s1. The van der Waals surface area contributed by atoms with E-state index >= 15 is 0 Å². The zero-order valence-electron chi connectivity index (χ0n) is 14.1. The van der Waals surface area contributed by atoms with Crippen molar-refractivity contribution in [2.75, 3.05) is 6.54 Å². The van der Waals surface area contributed by atoms with Crippen LogP contribution in [0.3, 0.4) is 0 Å². The summed E-state index contributed by atoms with van der Waals surface area (Å²) < 4.78 is 11.5. The molecule has 1 N–H and O–H groups in total. The molecule has 1 unspecified atom stereocenters. The average Bonchev–Trinajstić information content (AvgIpc) is 3.13. The Morgan fingerprint density at radius 1 is 1.21 bits per heavy atom. The number of ether oxygens (including phenoxy) is 1. The fourth-order valence-electron chi connectivity index (χ4n) is 3.17. The number of nitrogens with one attached hydrogen (secondary N) is 1. The van der Waals surface area contributed by atoms with Crippen LogP contribution in [-0.4, -0.2) is 32.8 Å². The molecule has 2 aliphatic rings. The van der Waals surface area contributed by atoms with Crippen molar-refractivity contribution < 1.29 is 9.26 Å². The van der Waals surface area contributed by atoms with E-state index in [4.69, 9.17) is 9.26 Å². The molecule has 1 saturated carbocycles. The van der Waals surface area contributed by atoms with Gasteiger partial charge in [-0.05, 0) is 39.5 Å². The normalized spacial score (nSPS) is 25.1. The maximum atomic E-state index is 6.08. The molecule has 2 fully saturated rings. The van der Waals surface area contributed by atoms with Gasteiger partial charge in [-0.2, -0.15) is 4.98 Å². The van der Waals surface area contributed by atoms with Gasteiger partial charge in [-0.25, -0.2) is 0 Å². The first kappa shape index (κ1) is 15.7. The van der Waals surface area contributed by atoms with Crippen LogP contribution in [0.25, 0.3) is 0 Å². The lowest BCUT2D eigenvalue weighted by Gasteiger charge is -2.18. The van der Waals surface area contributed by atoms with Crippen molar-refractivity contribution in [2.45, 2.75) is 63.7 Å². The van der Waals surface area contributed by atoms with E-state index in [0.29, 0.717) is 11.8 Å². The number of nitrogens with zero attached hydrogens (tertiary/aromatic N) is 4. The summed E-state index contributed by atoms with van der Waals surface area (Å²) in [6.45, 7) is 4.86. The van der Waals surface area contributed by atoms with Gasteiger partial charge in [0.05, 0.1) is 17.5 Å². The van der Waals surface area contributed by atoms with Crippen LogP contribution in [-0.2, 0) is 4.74 Å². The van der Waals surface area contributed by atoms with Crippen LogP contribution in [0.15, 0.2) is 16.9 Å². The predicted molar refractivity (Wildman–Crippen MR) is 86.3 cm³/mol. The van der Waals surface area contributed by atoms with Gasteiger partial charge in [0.1, 0.15) is 6.10 Å². The Kier molecular flexibility index (Phi) is 4.28. The van der Waals surface area contributed by atoms with Crippen molar-refractivity contribution in [3.05, 3.63) is 35.5 Å². The van der Waals surface area contributed by atoms with E-state index in [1.807, 2.05) is 6.92 Å². The lowest BCUT2D eigenvalue weighted by molar-refractivity contribution is 0.0254. The molecule has 128 valence electrons. The Morgan fingerprint density at radius 2 is 2.04 bits per heavy atom. The summed E-state index contributed by atoms with van der Waals surface area (Å²) in [4.78, 5) is 13.2. The van der Waals surface area contributed by atoms with Gasteiger partial charge in [0, 0.05) is 30.9 Å². The van der Waals surface area contributed by atoms with Crippen molar-refractivity contribution in [1.29, 1.82) is 0 Å². The third kappa shape index (κ3) is 3.32. The van der Waals surface area contributed by atoms with E-state index in [2.05, 4.69) is 32.3 Å². The molecule has 1 aliphatic heterocycles. The molecular weight excluding hydrogens is 306 g/mol. The summed E-state index contributed by atoms with van der Waals surface area (Å²) in [7, 11) is 0. The van der Waals surface area contributed by atoms with E-state index in [-0.39, 0.29) is 18.2 Å². The minimum absolute atomic E-state index is 0.0645. The second-order valence-electron chi connectivity index (χ2n) is 6.75. The van der Waals surface area contributed by atoms with E-state index in [1.165, 1.54) is 12.8 Å². The molecular formula is C17H23N5O2. The second-order valence-corrected chi connectivity index (χ2v) is 6.75. The number of aryl methyl sites for hydroxylation is 1. The van der Waals surface area contributed by atoms with Crippen molar-refractivity contribution >= 4 is 0 Å². The molecule has 7 heteroatoms. The first-order valence-corrected chi connectivity index (χ1v) is 8.70. The average molecular weight is 329 g/mol. The summed E-state index contributed by atoms with van der Waals surface area (Å²) >= 11 is 0. The van der Waals surface area contributed by atoms with Crippen LogP contribution in [0.4, 0.5) is 0 Å². The van der Waals surface area contributed by atoms with Gasteiger partial charge in [-0.1, -0.05) is 5.16 Å². The molecule has 0 amide bonds. The van der Waals surface area contributed by atoms with Gasteiger partial charge in [-0.15, -0.1) is 0 Å². The topological polar surface area (TPSA) is 86.0 Å². The van der Waals surface area contributed by atoms with Crippen LogP contribution in [0.2, 0.25) is 0 Å². The first-order chi connectivity index (χ1) is 11.7. The fraction of sp³-hybridized carbons (Fsp3) is 0.647. The molecule has 2 aromatic rings. The summed E-state index contributed by atoms with van der Waals surface area (Å²) in [6.07, 6.45) is 7.82. The zero-order chi connectivity index (χ0) is 16.5. The molecule has 2 aromatic heterocycles. The van der Waals surface area contributed by atoms with Gasteiger partial charge in [0.25, 0.3) is 5.89 Å². The lowest BCUT2D eigenvalue weighted by atomic mass is 10.1. The number of aromatic nitrogens is 4. The molecule has 1 aliphatic carbocycles. The number of rotatable bonds is 6. The quantitative estimate of drug-likeness (QED) is 0.871. The molecule has 0 radical (unpaired) electrons. The largest absolute Gasteiger partial charge is 0.364 e. The molecule has 4 rings (SSSR count). The Morgan fingerprint density at radius 3 is 2.83 bits per heavy atom. The molecule has 1 saturated heterocycles. The molecule has 3 atom stereocenters. The molecule has 0 bridgehead atoms. The SMILES string of the molecule is Cc1nccnc1C(C)NC[C@H]1CC[C@@H](c2nc(C3CC3)no2)O1. The minimum atomic E-state index is -0.0645. The third-order valence-electron chi connectivity index (χ3n) is 4.76. The van der Waals surface area contributed by atoms with Crippen LogP contribution in [0.5, 0.6) is 0 Å². The smallest absolute Gasteiger partial charge is 0.255 e. The van der Waals surface area contributed by atoms with Gasteiger partial charge in [-0.3, -0.25) is 9.97 Å². The van der Waals surface area contributed by atoms with Gasteiger partial charge >= 0.3 is 0 Å². The van der Waals surface area contributed by atoms with Crippen molar-refractivity contribution in [2.24, 2.45) is 0 Å². The van der Waals surface area contributed by atoms with Gasteiger partial charge in [0.15, 0.2) is 5.82 Å². The van der Waals surface area contributed by atoms with Crippen molar-refractivity contribution in [3.63, 3.8) is 0 Å². The molecule has 3 heterocycles. The molecule has 24 heavy (non-hydrogen) atoms. The highest BCUT2D eigenvalue weighted by molar-refractivity contribution is 5.12. The third-order valence-corrected chi connectivity index (χ3v) is 4.76. The summed E-state index contributed by atoms with van der Waals surface area (Å²) in [5.74, 6) is 2.00. The lowest BCUT2D eigenvalue weighted by Crippen LogP contribution is -2.29. The Balaban J connectivity index is 1.29. The number of hydrogen-bond acceptors (Lipinski definition) is 7. The van der Waals surface area contributed by atoms with Crippen molar-refractivity contribution in [3.8, 4) is 0 Å².